The monoisotopic (exact) mass is 449 g/mol. The number of nitrogens with zero attached hydrogens (tertiary/aromatic N) is 1. The molecule has 1 aliphatic carbocycles. The van der Waals surface area contributed by atoms with Crippen molar-refractivity contribution in [1.82, 2.24) is 15.5 Å². The molecule has 2 aromatic rings. The fourth-order valence-electron chi connectivity index (χ4n) is 4.64. The lowest BCUT2D eigenvalue weighted by atomic mass is 9.84. The maximum atomic E-state index is 12.6. The summed E-state index contributed by atoms with van der Waals surface area (Å²) >= 11 is 0. The van der Waals surface area contributed by atoms with Crippen molar-refractivity contribution in [3.05, 3.63) is 65.7 Å². The van der Waals surface area contributed by atoms with E-state index in [4.69, 9.17) is 4.74 Å². The summed E-state index contributed by atoms with van der Waals surface area (Å²) in [5.74, 6) is 1.23. The molecule has 2 amide bonds. The second kappa shape index (κ2) is 11.3. The second-order valence-corrected chi connectivity index (χ2v) is 9.27. The van der Waals surface area contributed by atoms with Crippen molar-refractivity contribution in [1.29, 1.82) is 0 Å². The Bertz CT molecular complexity index is 912. The summed E-state index contributed by atoms with van der Waals surface area (Å²) in [7, 11) is 1.64. The molecule has 2 N–H and O–H groups in total. The zero-order valence-electron chi connectivity index (χ0n) is 19.5. The Morgan fingerprint density at radius 3 is 2.48 bits per heavy atom. The topological polar surface area (TPSA) is 70.7 Å². The first-order valence-corrected chi connectivity index (χ1v) is 12.1. The quantitative estimate of drug-likeness (QED) is 0.583. The number of ether oxygens (including phenoxy) is 1. The van der Waals surface area contributed by atoms with Crippen LogP contribution >= 0.6 is 0 Å². The fraction of sp³-hybridized carbons (Fsp3) is 0.481. The SMILES string of the molecule is COc1ccc(CC(=O)N[C@H]2CCN(CC[C@H](NC(=O)C3CCC3)c3ccccc3)C2)cc1. The number of carbonyl (C=O) groups is 2. The molecule has 4 rings (SSSR count). The van der Waals surface area contributed by atoms with Crippen molar-refractivity contribution >= 4 is 11.8 Å². The molecule has 6 nitrogen and oxygen atoms in total. The van der Waals surface area contributed by atoms with Crippen LogP contribution in [0.1, 0.15) is 49.3 Å². The molecule has 33 heavy (non-hydrogen) atoms. The van der Waals surface area contributed by atoms with Crippen LogP contribution < -0.4 is 15.4 Å². The molecule has 0 bridgehead atoms. The van der Waals surface area contributed by atoms with Gasteiger partial charge in [0.05, 0.1) is 19.6 Å². The van der Waals surface area contributed by atoms with Gasteiger partial charge in [0.1, 0.15) is 5.75 Å². The van der Waals surface area contributed by atoms with Gasteiger partial charge in [-0.15, -0.1) is 0 Å². The van der Waals surface area contributed by atoms with Gasteiger partial charge in [-0.3, -0.25) is 9.59 Å². The highest BCUT2D eigenvalue weighted by Gasteiger charge is 2.28. The van der Waals surface area contributed by atoms with Crippen LogP contribution in [0.2, 0.25) is 0 Å². The largest absolute Gasteiger partial charge is 0.497 e. The number of hydrogen-bond acceptors (Lipinski definition) is 4. The highest BCUT2D eigenvalue weighted by molar-refractivity contribution is 5.80. The molecule has 1 aliphatic heterocycles. The molecule has 6 heteroatoms. The third-order valence-corrected chi connectivity index (χ3v) is 6.89. The maximum absolute atomic E-state index is 12.6. The van der Waals surface area contributed by atoms with E-state index < -0.39 is 0 Å². The molecule has 2 aliphatic rings. The minimum Gasteiger partial charge on any atom is -0.497 e. The van der Waals surface area contributed by atoms with Crippen molar-refractivity contribution in [3.63, 3.8) is 0 Å². The van der Waals surface area contributed by atoms with Gasteiger partial charge >= 0.3 is 0 Å². The van der Waals surface area contributed by atoms with Crippen molar-refractivity contribution in [2.24, 2.45) is 5.92 Å². The van der Waals surface area contributed by atoms with E-state index in [1.807, 2.05) is 42.5 Å². The number of nitrogens with one attached hydrogen (secondary N) is 2. The Hall–Kier alpha value is -2.86. The summed E-state index contributed by atoms with van der Waals surface area (Å²) < 4.78 is 5.17. The first kappa shape index (κ1) is 23.3. The van der Waals surface area contributed by atoms with Gasteiger partial charge in [-0.25, -0.2) is 0 Å². The van der Waals surface area contributed by atoms with Crippen molar-refractivity contribution in [2.75, 3.05) is 26.7 Å². The number of benzene rings is 2. The molecular formula is C27H35N3O3. The Balaban J connectivity index is 1.24. The predicted octanol–water partition coefficient (Wildman–Crippen LogP) is 3.48. The summed E-state index contributed by atoms with van der Waals surface area (Å²) in [6, 6.07) is 18.1. The zero-order chi connectivity index (χ0) is 23.0. The van der Waals surface area contributed by atoms with Crippen LogP contribution in [-0.2, 0) is 16.0 Å². The molecule has 1 saturated heterocycles. The molecular weight excluding hydrogens is 414 g/mol. The number of amides is 2. The molecule has 176 valence electrons. The van der Waals surface area contributed by atoms with Crippen molar-refractivity contribution < 1.29 is 14.3 Å². The Morgan fingerprint density at radius 2 is 1.82 bits per heavy atom. The lowest BCUT2D eigenvalue weighted by Gasteiger charge is -2.28. The van der Waals surface area contributed by atoms with E-state index in [0.29, 0.717) is 6.42 Å². The predicted molar refractivity (Wildman–Crippen MR) is 129 cm³/mol. The highest BCUT2D eigenvalue weighted by Crippen LogP contribution is 2.28. The summed E-state index contributed by atoms with van der Waals surface area (Å²) in [4.78, 5) is 27.5. The van der Waals surface area contributed by atoms with Gasteiger partial charge in [0.25, 0.3) is 0 Å². The molecule has 1 heterocycles. The van der Waals surface area contributed by atoms with E-state index in [1.165, 1.54) is 0 Å². The molecule has 0 spiro atoms. The Morgan fingerprint density at radius 1 is 1.06 bits per heavy atom. The van der Waals surface area contributed by atoms with Crippen LogP contribution in [0.25, 0.3) is 0 Å². The number of carbonyl (C=O) groups excluding carboxylic acids is 2. The summed E-state index contributed by atoms with van der Waals surface area (Å²) in [5.41, 5.74) is 2.14. The van der Waals surface area contributed by atoms with Crippen LogP contribution in [0.15, 0.2) is 54.6 Å². The van der Waals surface area contributed by atoms with Crippen molar-refractivity contribution in [2.45, 2.75) is 50.6 Å². The number of methoxy groups -OCH3 is 1. The van der Waals surface area contributed by atoms with Crippen molar-refractivity contribution in [3.8, 4) is 5.75 Å². The Labute approximate surface area is 196 Å². The molecule has 0 radical (unpaired) electrons. The van der Waals surface area contributed by atoms with Gasteiger partial charge in [-0.05, 0) is 48.9 Å². The maximum Gasteiger partial charge on any atom is 0.224 e. The Kier molecular flexibility index (Phi) is 8.00. The van der Waals surface area contributed by atoms with E-state index in [1.54, 1.807) is 7.11 Å². The third kappa shape index (κ3) is 6.57. The van der Waals surface area contributed by atoms with Gasteiger partial charge in [-0.2, -0.15) is 0 Å². The van der Waals surface area contributed by atoms with E-state index in [0.717, 1.165) is 68.6 Å². The van der Waals surface area contributed by atoms with Gasteiger partial charge in [-0.1, -0.05) is 48.9 Å². The molecule has 2 aromatic carbocycles. The molecule has 2 fully saturated rings. The molecule has 0 aromatic heterocycles. The van der Waals surface area contributed by atoms with E-state index in [2.05, 4.69) is 27.7 Å². The first-order valence-electron chi connectivity index (χ1n) is 12.1. The van der Waals surface area contributed by atoms with Gasteiger partial charge in [0.15, 0.2) is 0 Å². The normalized spacial score (nSPS) is 19.5. The van der Waals surface area contributed by atoms with Crippen LogP contribution in [0, 0.1) is 5.92 Å². The smallest absolute Gasteiger partial charge is 0.224 e. The van der Waals surface area contributed by atoms with E-state index in [-0.39, 0.29) is 29.8 Å². The molecule has 0 unspecified atom stereocenters. The number of rotatable bonds is 10. The van der Waals surface area contributed by atoms with Crippen LogP contribution in [0.4, 0.5) is 0 Å². The number of likely N-dealkylation sites (tertiary alicyclic amines) is 1. The van der Waals surface area contributed by atoms with Gasteiger partial charge in [0, 0.05) is 31.6 Å². The summed E-state index contributed by atoms with van der Waals surface area (Å²) in [5, 5.41) is 6.48. The lowest BCUT2D eigenvalue weighted by Crippen LogP contribution is -2.39. The first-order chi connectivity index (χ1) is 16.1. The number of hydrogen-bond donors (Lipinski definition) is 2. The second-order valence-electron chi connectivity index (χ2n) is 9.27. The average molecular weight is 450 g/mol. The lowest BCUT2D eigenvalue weighted by molar-refractivity contribution is -0.128. The summed E-state index contributed by atoms with van der Waals surface area (Å²) in [6.07, 6.45) is 5.39. The molecule has 1 saturated carbocycles. The molecule has 2 atom stereocenters. The third-order valence-electron chi connectivity index (χ3n) is 6.89. The van der Waals surface area contributed by atoms with E-state index >= 15 is 0 Å². The minimum atomic E-state index is 0.0306. The highest BCUT2D eigenvalue weighted by atomic mass is 16.5. The summed E-state index contributed by atoms with van der Waals surface area (Å²) in [6.45, 7) is 2.72. The van der Waals surface area contributed by atoms with Crippen LogP contribution in [-0.4, -0.2) is 49.5 Å². The van der Waals surface area contributed by atoms with E-state index in [9.17, 15) is 9.59 Å². The average Bonchev–Trinajstić information content (AvgIpc) is 3.23. The fourth-order valence-corrected chi connectivity index (χ4v) is 4.64. The minimum absolute atomic E-state index is 0.0306. The van der Waals surface area contributed by atoms with Gasteiger partial charge in [0.2, 0.25) is 11.8 Å². The van der Waals surface area contributed by atoms with Gasteiger partial charge < -0.3 is 20.3 Å². The van der Waals surface area contributed by atoms with Crippen LogP contribution in [0.5, 0.6) is 5.75 Å². The standard InChI is InChI=1S/C27H35N3O3/c1-33-24-12-10-20(11-13-24)18-26(31)28-23-14-16-30(19-23)17-15-25(21-6-3-2-4-7-21)29-27(32)22-8-5-9-22/h2-4,6-7,10-13,22-23,25H,5,8-9,14-19H2,1H3,(H,28,31)(H,29,32)/t23-,25-/m0/s1. The zero-order valence-corrected chi connectivity index (χ0v) is 19.5. The van der Waals surface area contributed by atoms with Crippen LogP contribution in [0.3, 0.4) is 0 Å².